The Kier molecular flexibility index (Phi) is 3.47. The number of hydrogen-bond acceptors (Lipinski definition) is 2. The molecular formula is C12H16BrFN2. The molecule has 0 atom stereocenters. The maximum Gasteiger partial charge on any atom is 0.166 e. The van der Waals surface area contributed by atoms with Crippen molar-refractivity contribution in [3.8, 4) is 0 Å². The smallest absolute Gasteiger partial charge is 0.166 e. The molecule has 1 saturated carbocycles. The van der Waals surface area contributed by atoms with Crippen LogP contribution in [0.25, 0.3) is 0 Å². The van der Waals surface area contributed by atoms with Crippen molar-refractivity contribution >= 4 is 21.7 Å². The van der Waals surface area contributed by atoms with Crippen LogP contribution in [0.1, 0.15) is 39.0 Å². The maximum absolute atomic E-state index is 13.6. The largest absolute Gasteiger partial charge is 0.362 e. The summed E-state index contributed by atoms with van der Waals surface area (Å²) in [5, 5.41) is 3.25. The van der Waals surface area contributed by atoms with Crippen LogP contribution in [-0.2, 0) is 0 Å². The minimum Gasteiger partial charge on any atom is -0.362 e. The van der Waals surface area contributed by atoms with Gasteiger partial charge in [-0.25, -0.2) is 9.37 Å². The molecule has 0 aromatic carbocycles. The average Bonchev–Trinajstić information content (AvgIpc) is 2.23. The van der Waals surface area contributed by atoms with Crippen LogP contribution < -0.4 is 5.32 Å². The van der Waals surface area contributed by atoms with E-state index in [0.29, 0.717) is 10.3 Å². The van der Waals surface area contributed by atoms with Crippen LogP contribution in [0.2, 0.25) is 0 Å². The van der Waals surface area contributed by atoms with Gasteiger partial charge in [-0.2, -0.15) is 0 Å². The van der Waals surface area contributed by atoms with Crippen LogP contribution in [0.5, 0.6) is 0 Å². The Bertz CT molecular complexity index is 375. The molecule has 0 amide bonds. The summed E-state index contributed by atoms with van der Waals surface area (Å²) in [5.74, 6) is 0.0776. The fourth-order valence-electron chi connectivity index (χ4n) is 2.25. The van der Waals surface area contributed by atoms with Crippen molar-refractivity contribution < 1.29 is 4.39 Å². The van der Waals surface area contributed by atoms with Gasteiger partial charge in [-0.15, -0.1) is 0 Å². The van der Waals surface area contributed by atoms with Crippen molar-refractivity contribution in [3.05, 3.63) is 22.6 Å². The Morgan fingerprint density at radius 1 is 1.38 bits per heavy atom. The molecule has 1 heterocycles. The number of nitrogens with one attached hydrogen (secondary N) is 1. The Hall–Kier alpha value is -0.640. The van der Waals surface area contributed by atoms with Crippen molar-refractivity contribution in [2.75, 3.05) is 5.32 Å². The highest BCUT2D eigenvalue weighted by Gasteiger charge is 2.27. The zero-order valence-electron chi connectivity index (χ0n) is 9.39. The Labute approximate surface area is 104 Å². The second-order valence-electron chi connectivity index (χ2n) is 4.73. The molecule has 1 N–H and O–H groups in total. The summed E-state index contributed by atoms with van der Waals surface area (Å²) < 4.78 is 14.3. The van der Waals surface area contributed by atoms with Crippen molar-refractivity contribution in [1.82, 2.24) is 4.98 Å². The molecular weight excluding hydrogens is 271 g/mol. The summed E-state index contributed by atoms with van der Waals surface area (Å²) in [6, 6.07) is 1.45. The summed E-state index contributed by atoms with van der Waals surface area (Å²) >= 11 is 3.20. The predicted molar refractivity (Wildman–Crippen MR) is 67.0 cm³/mol. The fraction of sp³-hybridized carbons (Fsp3) is 0.583. The highest BCUT2D eigenvalue weighted by Crippen LogP contribution is 2.31. The van der Waals surface area contributed by atoms with Gasteiger partial charge in [0.2, 0.25) is 0 Å². The zero-order chi connectivity index (χ0) is 11.6. The van der Waals surface area contributed by atoms with Crippen LogP contribution in [-0.4, -0.2) is 10.5 Å². The quantitative estimate of drug-likeness (QED) is 0.885. The third kappa shape index (κ3) is 2.73. The summed E-state index contributed by atoms with van der Waals surface area (Å²) in [6.45, 7) is 2.15. The van der Waals surface area contributed by atoms with Gasteiger partial charge in [0.05, 0.1) is 0 Å². The second kappa shape index (κ2) is 4.70. The summed E-state index contributed by atoms with van der Waals surface area (Å²) in [6.07, 6.45) is 7.50. The van der Waals surface area contributed by atoms with Gasteiger partial charge in [-0.3, -0.25) is 0 Å². The summed E-state index contributed by atoms with van der Waals surface area (Å²) in [7, 11) is 0. The Morgan fingerprint density at radius 3 is 2.69 bits per heavy atom. The van der Waals surface area contributed by atoms with E-state index in [9.17, 15) is 4.39 Å². The first-order chi connectivity index (χ1) is 7.59. The first-order valence-corrected chi connectivity index (χ1v) is 6.48. The number of pyridine rings is 1. The van der Waals surface area contributed by atoms with Gasteiger partial charge < -0.3 is 5.32 Å². The van der Waals surface area contributed by atoms with E-state index in [1.807, 2.05) is 0 Å². The monoisotopic (exact) mass is 286 g/mol. The van der Waals surface area contributed by atoms with E-state index in [1.165, 1.54) is 25.3 Å². The van der Waals surface area contributed by atoms with Crippen LogP contribution in [0, 0.1) is 5.82 Å². The van der Waals surface area contributed by atoms with Gasteiger partial charge in [0.15, 0.2) is 11.6 Å². The van der Waals surface area contributed by atoms with E-state index in [2.05, 4.69) is 33.2 Å². The Morgan fingerprint density at radius 2 is 2.06 bits per heavy atom. The topological polar surface area (TPSA) is 24.9 Å². The molecule has 2 rings (SSSR count). The van der Waals surface area contributed by atoms with E-state index < -0.39 is 0 Å². The third-order valence-electron chi connectivity index (χ3n) is 3.19. The molecule has 1 fully saturated rings. The second-order valence-corrected chi connectivity index (χ2v) is 5.65. The minimum atomic E-state index is -0.291. The first-order valence-electron chi connectivity index (χ1n) is 5.68. The molecule has 0 bridgehead atoms. The van der Waals surface area contributed by atoms with Crippen molar-refractivity contribution in [2.45, 2.75) is 44.6 Å². The van der Waals surface area contributed by atoms with E-state index >= 15 is 0 Å². The van der Waals surface area contributed by atoms with E-state index in [-0.39, 0.29) is 11.4 Å². The predicted octanol–water partition coefficient (Wildman–Crippen LogP) is 4.12. The highest BCUT2D eigenvalue weighted by molar-refractivity contribution is 9.10. The molecule has 0 radical (unpaired) electrons. The molecule has 0 saturated heterocycles. The number of halogens is 2. The van der Waals surface area contributed by atoms with E-state index in [1.54, 1.807) is 6.20 Å². The Balaban J connectivity index is 2.13. The van der Waals surface area contributed by atoms with Crippen molar-refractivity contribution in [3.63, 3.8) is 0 Å². The maximum atomic E-state index is 13.6. The van der Waals surface area contributed by atoms with Crippen LogP contribution >= 0.6 is 15.9 Å². The fourth-order valence-corrected chi connectivity index (χ4v) is 2.55. The molecule has 88 valence electrons. The number of rotatable bonds is 2. The van der Waals surface area contributed by atoms with Gasteiger partial charge in [-0.1, -0.05) is 19.3 Å². The minimum absolute atomic E-state index is 0.0000798. The average molecular weight is 287 g/mol. The molecule has 2 nitrogen and oxygen atoms in total. The van der Waals surface area contributed by atoms with Gasteiger partial charge >= 0.3 is 0 Å². The SMILES string of the molecule is CC1(Nc2ncc(Br)cc2F)CCCCC1. The van der Waals surface area contributed by atoms with E-state index in [4.69, 9.17) is 0 Å². The third-order valence-corrected chi connectivity index (χ3v) is 3.62. The number of hydrogen-bond donors (Lipinski definition) is 1. The number of nitrogens with zero attached hydrogens (tertiary/aromatic N) is 1. The van der Waals surface area contributed by atoms with Crippen LogP contribution in [0.3, 0.4) is 0 Å². The summed E-state index contributed by atoms with van der Waals surface area (Å²) in [4.78, 5) is 4.08. The van der Waals surface area contributed by atoms with Crippen molar-refractivity contribution in [2.24, 2.45) is 0 Å². The highest BCUT2D eigenvalue weighted by atomic mass is 79.9. The molecule has 0 spiro atoms. The molecule has 1 aromatic heterocycles. The molecule has 0 aliphatic heterocycles. The molecule has 16 heavy (non-hydrogen) atoms. The van der Waals surface area contributed by atoms with Gasteiger partial charge in [-0.05, 0) is 41.8 Å². The molecule has 0 unspecified atom stereocenters. The van der Waals surface area contributed by atoms with Crippen LogP contribution in [0.4, 0.5) is 10.2 Å². The number of anilines is 1. The van der Waals surface area contributed by atoms with Gasteiger partial charge in [0.1, 0.15) is 0 Å². The lowest BCUT2D eigenvalue weighted by molar-refractivity contribution is 0.347. The van der Waals surface area contributed by atoms with Gasteiger partial charge in [0, 0.05) is 16.2 Å². The van der Waals surface area contributed by atoms with Crippen LogP contribution in [0.15, 0.2) is 16.7 Å². The van der Waals surface area contributed by atoms with Gasteiger partial charge in [0.25, 0.3) is 0 Å². The molecule has 1 aromatic rings. The lowest BCUT2D eigenvalue weighted by Crippen LogP contribution is -2.37. The summed E-state index contributed by atoms with van der Waals surface area (Å²) in [5.41, 5.74) is -0.0000798. The number of aromatic nitrogens is 1. The molecule has 1 aliphatic rings. The normalized spacial score (nSPS) is 19.4. The standard InChI is InChI=1S/C12H16BrFN2/c1-12(5-3-2-4-6-12)16-11-10(14)7-9(13)8-15-11/h7-8H,2-6H2,1H3,(H,15,16). The molecule has 4 heteroatoms. The lowest BCUT2D eigenvalue weighted by atomic mass is 9.83. The van der Waals surface area contributed by atoms with Crippen molar-refractivity contribution in [1.29, 1.82) is 0 Å². The first kappa shape index (κ1) is 11.8. The van der Waals surface area contributed by atoms with E-state index in [0.717, 1.165) is 12.8 Å². The molecule has 1 aliphatic carbocycles. The lowest BCUT2D eigenvalue weighted by Gasteiger charge is -2.35. The zero-order valence-corrected chi connectivity index (χ0v) is 11.0.